The summed E-state index contributed by atoms with van der Waals surface area (Å²) in [6.45, 7) is 4.67. The van der Waals surface area contributed by atoms with E-state index in [1.165, 1.54) is 4.90 Å². The third kappa shape index (κ3) is 2.42. The molecule has 0 spiro atoms. The summed E-state index contributed by atoms with van der Waals surface area (Å²) < 4.78 is 0. The van der Waals surface area contributed by atoms with Crippen molar-refractivity contribution in [1.29, 1.82) is 0 Å². The molecule has 0 atom stereocenters. The van der Waals surface area contributed by atoms with Crippen molar-refractivity contribution in [3.63, 3.8) is 0 Å². The molecule has 1 aromatic rings. The van der Waals surface area contributed by atoms with Crippen LogP contribution in [0.4, 0.5) is 5.69 Å². The van der Waals surface area contributed by atoms with Crippen molar-refractivity contribution >= 4 is 17.5 Å². The second kappa shape index (κ2) is 4.84. The Morgan fingerprint density at radius 1 is 1.14 bits per heavy atom. The summed E-state index contributed by atoms with van der Waals surface area (Å²) in [6.07, 6.45) is 2.00. The van der Waals surface area contributed by atoms with Gasteiger partial charge in [0.15, 0.2) is 0 Å². The number of nitrogens with two attached hydrogens (primary N) is 1. The summed E-state index contributed by atoms with van der Waals surface area (Å²) in [5.41, 5.74) is 7.16. The molecule has 0 saturated carbocycles. The molecule has 0 radical (unpaired) electrons. The third-order valence-electron chi connectivity index (χ3n) is 4.73. The van der Waals surface area contributed by atoms with Crippen LogP contribution in [0.25, 0.3) is 0 Å². The molecule has 1 fully saturated rings. The molecule has 0 unspecified atom stereocenters. The lowest BCUT2D eigenvalue weighted by Crippen LogP contribution is -2.45. The average molecular weight is 287 g/mol. The maximum Gasteiger partial charge on any atom is 0.261 e. The van der Waals surface area contributed by atoms with E-state index in [0.29, 0.717) is 23.4 Å². The quantitative estimate of drug-likeness (QED) is 0.662. The number of benzene rings is 1. The Bertz CT molecular complexity index is 604. The predicted molar refractivity (Wildman–Crippen MR) is 81.1 cm³/mol. The van der Waals surface area contributed by atoms with Crippen LogP contribution in [0.2, 0.25) is 0 Å². The van der Waals surface area contributed by atoms with E-state index >= 15 is 0 Å². The van der Waals surface area contributed by atoms with E-state index in [-0.39, 0.29) is 17.2 Å². The van der Waals surface area contributed by atoms with Gasteiger partial charge in [0.25, 0.3) is 11.8 Å². The fourth-order valence-electron chi connectivity index (χ4n) is 3.15. The van der Waals surface area contributed by atoms with Crippen LogP contribution >= 0.6 is 0 Å². The summed E-state index contributed by atoms with van der Waals surface area (Å²) in [5.74, 6) is -0.391. The normalized spacial score (nSPS) is 21.7. The Balaban J connectivity index is 1.82. The van der Waals surface area contributed by atoms with Crippen molar-refractivity contribution in [3.8, 4) is 0 Å². The molecular formula is C16H21N3O2. The first-order chi connectivity index (χ1) is 9.89. The van der Waals surface area contributed by atoms with Crippen molar-refractivity contribution in [3.05, 3.63) is 29.3 Å². The van der Waals surface area contributed by atoms with Gasteiger partial charge in [-0.2, -0.15) is 0 Å². The van der Waals surface area contributed by atoms with Crippen molar-refractivity contribution in [2.75, 3.05) is 32.4 Å². The molecule has 112 valence electrons. The summed E-state index contributed by atoms with van der Waals surface area (Å²) in [6, 6.07) is 4.93. The van der Waals surface area contributed by atoms with Crippen LogP contribution in [0, 0.1) is 5.41 Å². The molecule has 2 aliphatic rings. The minimum atomic E-state index is -0.206. The van der Waals surface area contributed by atoms with Gasteiger partial charge in [-0.15, -0.1) is 0 Å². The van der Waals surface area contributed by atoms with Crippen LogP contribution < -0.4 is 5.73 Å². The van der Waals surface area contributed by atoms with Crippen molar-refractivity contribution < 1.29 is 9.59 Å². The third-order valence-corrected chi connectivity index (χ3v) is 4.73. The van der Waals surface area contributed by atoms with E-state index in [2.05, 4.69) is 18.9 Å². The van der Waals surface area contributed by atoms with E-state index in [1.54, 1.807) is 18.2 Å². The number of hydrogen-bond acceptors (Lipinski definition) is 4. The highest BCUT2D eigenvalue weighted by molar-refractivity contribution is 6.21. The highest BCUT2D eigenvalue weighted by Gasteiger charge is 2.40. The molecule has 0 aromatic heterocycles. The molecule has 2 amide bonds. The molecule has 0 bridgehead atoms. The molecule has 1 saturated heterocycles. The average Bonchev–Trinajstić information content (AvgIpc) is 2.67. The number of imide groups is 1. The summed E-state index contributed by atoms with van der Waals surface area (Å²) in [4.78, 5) is 28.6. The van der Waals surface area contributed by atoms with Crippen LogP contribution in [0.15, 0.2) is 18.2 Å². The SMILES string of the molecule is CN1CCC(C)(CN2C(=O)c3ccc(N)cc3C2=O)CC1. The Hall–Kier alpha value is -1.88. The van der Waals surface area contributed by atoms with Gasteiger partial charge in [-0.3, -0.25) is 14.5 Å². The Morgan fingerprint density at radius 2 is 1.76 bits per heavy atom. The maximum atomic E-state index is 12.5. The van der Waals surface area contributed by atoms with Crippen LogP contribution in [-0.2, 0) is 0 Å². The fourth-order valence-corrected chi connectivity index (χ4v) is 3.15. The van der Waals surface area contributed by atoms with Crippen LogP contribution in [0.3, 0.4) is 0 Å². The molecule has 5 heteroatoms. The first kappa shape index (κ1) is 14.1. The number of piperidine rings is 1. The second-order valence-electron chi connectivity index (χ2n) is 6.62. The van der Waals surface area contributed by atoms with E-state index in [1.807, 2.05) is 0 Å². The topological polar surface area (TPSA) is 66.6 Å². The van der Waals surface area contributed by atoms with Gasteiger partial charge < -0.3 is 10.6 Å². The second-order valence-corrected chi connectivity index (χ2v) is 6.62. The van der Waals surface area contributed by atoms with Crippen LogP contribution in [0.5, 0.6) is 0 Å². The number of fused-ring (bicyclic) bond motifs is 1. The van der Waals surface area contributed by atoms with Gasteiger partial charge in [-0.05, 0) is 56.6 Å². The number of nitrogens with zero attached hydrogens (tertiary/aromatic N) is 2. The zero-order chi connectivity index (χ0) is 15.2. The standard InChI is InChI=1S/C16H21N3O2/c1-16(5-7-18(2)8-6-16)10-19-14(20)12-4-3-11(17)9-13(12)15(19)21/h3-4,9H,5-8,10,17H2,1-2H3. The van der Waals surface area contributed by atoms with Gasteiger partial charge in [0.1, 0.15) is 0 Å². The van der Waals surface area contributed by atoms with Crippen molar-refractivity contribution in [2.45, 2.75) is 19.8 Å². The first-order valence-electron chi connectivity index (χ1n) is 7.34. The van der Waals surface area contributed by atoms with Gasteiger partial charge in [-0.1, -0.05) is 6.92 Å². The Labute approximate surface area is 124 Å². The molecule has 3 rings (SSSR count). The van der Waals surface area contributed by atoms with Gasteiger partial charge in [-0.25, -0.2) is 0 Å². The van der Waals surface area contributed by atoms with Crippen LogP contribution in [-0.4, -0.2) is 48.3 Å². The Kier molecular flexibility index (Phi) is 3.24. The van der Waals surface area contributed by atoms with Gasteiger partial charge in [0.05, 0.1) is 11.1 Å². The monoisotopic (exact) mass is 287 g/mol. The number of rotatable bonds is 2. The summed E-state index contributed by atoms with van der Waals surface area (Å²) >= 11 is 0. The zero-order valence-corrected chi connectivity index (χ0v) is 12.6. The lowest BCUT2D eigenvalue weighted by Gasteiger charge is -2.39. The Morgan fingerprint density at radius 3 is 2.43 bits per heavy atom. The molecule has 2 N–H and O–H groups in total. The number of likely N-dealkylation sites (tertiary alicyclic amines) is 1. The van der Waals surface area contributed by atoms with Crippen molar-refractivity contribution in [1.82, 2.24) is 9.80 Å². The molecule has 1 aromatic carbocycles. The predicted octanol–water partition coefficient (Wildman–Crippen LogP) is 1.60. The number of carbonyl (C=O) groups excluding carboxylic acids is 2. The molecule has 5 nitrogen and oxygen atoms in total. The number of nitrogen functional groups attached to an aromatic ring is 1. The zero-order valence-electron chi connectivity index (χ0n) is 12.6. The molecular weight excluding hydrogens is 266 g/mol. The largest absolute Gasteiger partial charge is 0.399 e. The maximum absolute atomic E-state index is 12.5. The van der Waals surface area contributed by atoms with E-state index in [0.717, 1.165) is 25.9 Å². The minimum Gasteiger partial charge on any atom is -0.399 e. The van der Waals surface area contributed by atoms with Gasteiger partial charge in [0, 0.05) is 12.2 Å². The molecule has 2 aliphatic heterocycles. The van der Waals surface area contributed by atoms with E-state index in [4.69, 9.17) is 5.73 Å². The first-order valence-corrected chi connectivity index (χ1v) is 7.34. The van der Waals surface area contributed by atoms with Crippen LogP contribution in [0.1, 0.15) is 40.5 Å². The smallest absolute Gasteiger partial charge is 0.261 e. The number of anilines is 1. The highest BCUT2D eigenvalue weighted by atomic mass is 16.2. The molecule has 21 heavy (non-hydrogen) atoms. The van der Waals surface area contributed by atoms with E-state index < -0.39 is 0 Å². The summed E-state index contributed by atoms with van der Waals surface area (Å²) in [7, 11) is 2.10. The van der Waals surface area contributed by atoms with Gasteiger partial charge >= 0.3 is 0 Å². The van der Waals surface area contributed by atoms with Crippen molar-refractivity contribution in [2.24, 2.45) is 5.41 Å². The number of carbonyl (C=O) groups is 2. The highest BCUT2D eigenvalue weighted by Crippen LogP contribution is 2.34. The molecule has 2 heterocycles. The van der Waals surface area contributed by atoms with Gasteiger partial charge in [0.2, 0.25) is 0 Å². The lowest BCUT2D eigenvalue weighted by molar-refractivity contribution is 0.0493. The summed E-state index contributed by atoms with van der Waals surface area (Å²) in [5, 5.41) is 0. The number of hydrogen-bond donors (Lipinski definition) is 1. The minimum absolute atomic E-state index is 0.00537. The number of amides is 2. The molecule has 0 aliphatic carbocycles. The lowest BCUT2D eigenvalue weighted by atomic mass is 9.80. The fraction of sp³-hybridized carbons (Fsp3) is 0.500. The van der Waals surface area contributed by atoms with E-state index in [9.17, 15) is 9.59 Å².